The molecule has 2 atom stereocenters. The highest BCUT2D eigenvalue weighted by Crippen LogP contribution is 2.24. The maximum absolute atomic E-state index is 13.2. The molecule has 5 N–H and O–H groups in total. The van der Waals surface area contributed by atoms with Crippen molar-refractivity contribution in [1.82, 2.24) is 5.32 Å². The minimum atomic E-state index is -1.12. The molecule has 5 heteroatoms. The first-order chi connectivity index (χ1) is 7.47. The fourth-order valence-corrected chi connectivity index (χ4v) is 1.57. The summed E-state index contributed by atoms with van der Waals surface area (Å²) in [6, 6.07) is 2.61. The number of aliphatic hydroxyl groups excluding tert-OH is 2. The minimum Gasteiger partial charge on any atom is -0.396 e. The Kier molecular flexibility index (Phi) is 4.23. The van der Waals surface area contributed by atoms with Crippen LogP contribution in [0.1, 0.15) is 17.2 Å². The molecule has 0 aliphatic carbocycles. The number of nitrogen functional groups attached to an aromatic ring is 1. The van der Waals surface area contributed by atoms with E-state index < -0.39 is 18.0 Å². The molecular formula is C11H17FN2O2. The fourth-order valence-electron chi connectivity index (χ4n) is 1.57. The molecule has 4 nitrogen and oxygen atoms in total. The van der Waals surface area contributed by atoms with Crippen LogP contribution in [0.15, 0.2) is 12.1 Å². The summed E-state index contributed by atoms with van der Waals surface area (Å²) in [6.45, 7) is 1.94. The van der Waals surface area contributed by atoms with E-state index in [9.17, 15) is 14.6 Å². The van der Waals surface area contributed by atoms with Crippen LogP contribution in [0.25, 0.3) is 0 Å². The molecule has 90 valence electrons. The quantitative estimate of drug-likeness (QED) is 0.560. The molecule has 0 saturated carbocycles. The van der Waals surface area contributed by atoms with Crippen LogP contribution in [0.4, 0.5) is 10.1 Å². The highest BCUT2D eigenvalue weighted by atomic mass is 19.1. The van der Waals surface area contributed by atoms with Gasteiger partial charge in [0.15, 0.2) is 0 Å². The zero-order valence-corrected chi connectivity index (χ0v) is 9.37. The number of hydrogen-bond donors (Lipinski definition) is 4. The van der Waals surface area contributed by atoms with Gasteiger partial charge in [-0.3, -0.25) is 0 Å². The lowest BCUT2D eigenvalue weighted by molar-refractivity contribution is 0.0197. The van der Waals surface area contributed by atoms with E-state index in [0.717, 1.165) is 6.07 Å². The summed E-state index contributed by atoms with van der Waals surface area (Å²) in [4.78, 5) is 0. The van der Waals surface area contributed by atoms with Crippen LogP contribution in [0.5, 0.6) is 0 Å². The maximum atomic E-state index is 13.2. The molecule has 0 bridgehead atoms. The Labute approximate surface area is 93.9 Å². The number of nitrogens with two attached hydrogens (primary N) is 1. The average Bonchev–Trinajstić information content (AvgIpc) is 2.23. The van der Waals surface area contributed by atoms with E-state index in [1.54, 1.807) is 14.0 Å². The smallest absolute Gasteiger partial charge is 0.146 e. The molecule has 0 aromatic heterocycles. The van der Waals surface area contributed by atoms with Crippen molar-refractivity contribution in [2.75, 3.05) is 19.3 Å². The summed E-state index contributed by atoms with van der Waals surface area (Å²) in [5, 5.41) is 22.1. The number of likely N-dealkylation sites (N-methyl/N-ethyl adjacent to an activating group) is 1. The Morgan fingerprint density at radius 2 is 2.06 bits per heavy atom. The van der Waals surface area contributed by atoms with E-state index in [4.69, 9.17) is 5.73 Å². The van der Waals surface area contributed by atoms with Crippen molar-refractivity contribution in [3.05, 3.63) is 29.1 Å². The number of aliphatic hydroxyl groups is 2. The first-order valence-electron chi connectivity index (χ1n) is 5.03. The van der Waals surface area contributed by atoms with Gasteiger partial charge in [-0.1, -0.05) is 0 Å². The van der Waals surface area contributed by atoms with E-state index in [-0.39, 0.29) is 12.2 Å². The van der Waals surface area contributed by atoms with Gasteiger partial charge in [-0.05, 0) is 37.2 Å². The van der Waals surface area contributed by atoms with Gasteiger partial charge in [-0.25, -0.2) is 4.39 Å². The lowest BCUT2D eigenvalue weighted by Gasteiger charge is -2.20. The average molecular weight is 228 g/mol. The SMILES string of the molecule is CNCC(O)C(O)c1cc(F)c(N)cc1C. The molecule has 2 unspecified atom stereocenters. The summed E-state index contributed by atoms with van der Waals surface area (Å²) in [5.41, 5.74) is 6.44. The predicted octanol–water partition coefficient (Wildman–Crippen LogP) is 0.330. The number of hydrogen-bond acceptors (Lipinski definition) is 4. The second kappa shape index (κ2) is 5.25. The van der Waals surface area contributed by atoms with Gasteiger partial charge in [-0.15, -0.1) is 0 Å². The van der Waals surface area contributed by atoms with E-state index in [0.29, 0.717) is 11.1 Å². The molecule has 0 saturated heterocycles. The van der Waals surface area contributed by atoms with Crippen LogP contribution >= 0.6 is 0 Å². The van der Waals surface area contributed by atoms with Gasteiger partial charge in [-0.2, -0.15) is 0 Å². The van der Waals surface area contributed by atoms with Crippen molar-refractivity contribution >= 4 is 5.69 Å². The number of nitrogens with one attached hydrogen (secondary N) is 1. The van der Waals surface area contributed by atoms with Crippen LogP contribution in [0.2, 0.25) is 0 Å². The molecule has 0 fully saturated rings. The van der Waals surface area contributed by atoms with Gasteiger partial charge in [0.05, 0.1) is 11.8 Å². The molecule has 0 heterocycles. The lowest BCUT2D eigenvalue weighted by atomic mass is 9.98. The Balaban J connectivity index is 2.99. The predicted molar refractivity (Wildman–Crippen MR) is 60.4 cm³/mol. The topological polar surface area (TPSA) is 78.5 Å². The fraction of sp³-hybridized carbons (Fsp3) is 0.455. The van der Waals surface area contributed by atoms with E-state index in [1.807, 2.05) is 0 Å². The van der Waals surface area contributed by atoms with Crippen LogP contribution in [0.3, 0.4) is 0 Å². The third-order valence-corrected chi connectivity index (χ3v) is 2.48. The molecule has 1 aromatic carbocycles. The van der Waals surface area contributed by atoms with Gasteiger partial charge in [0.25, 0.3) is 0 Å². The Morgan fingerprint density at radius 3 is 2.62 bits per heavy atom. The number of aryl methyl sites for hydroxylation is 1. The van der Waals surface area contributed by atoms with Crippen molar-refractivity contribution in [2.24, 2.45) is 0 Å². The van der Waals surface area contributed by atoms with Gasteiger partial charge in [0.1, 0.15) is 11.9 Å². The molecule has 0 amide bonds. The second-order valence-corrected chi connectivity index (χ2v) is 3.80. The molecule has 0 aliphatic heterocycles. The summed E-state index contributed by atoms with van der Waals surface area (Å²) in [6.07, 6.45) is -2.10. The molecule has 0 aliphatic rings. The van der Waals surface area contributed by atoms with E-state index in [2.05, 4.69) is 5.32 Å². The summed E-state index contributed by atoms with van der Waals surface area (Å²) in [7, 11) is 1.66. The van der Waals surface area contributed by atoms with E-state index >= 15 is 0 Å². The first kappa shape index (κ1) is 12.9. The zero-order chi connectivity index (χ0) is 12.3. The number of anilines is 1. The molecule has 16 heavy (non-hydrogen) atoms. The lowest BCUT2D eigenvalue weighted by Crippen LogP contribution is -2.30. The number of rotatable bonds is 4. The third kappa shape index (κ3) is 2.69. The van der Waals surface area contributed by atoms with E-state index in [1.165, 1.54) is 6.07 Å². The Morgan fingerprint density at radius 1 is 1.44 bits per heavy atom. The van der Waals surface area contributed by atoms with Crippen LogP contribution in [-0.4, -0.2) is 29.9 Å². The maximum Gasteiger partial charge on any atom is 0.146 e. The zero-order valence-electron chi connectivity index (χ0n) is 9.37. The summed E-state index contributed by atoms with van der Waals surface area (Å²) in [5.74, 6) is -0.587. The Bertz CT molecular complexity index is 371. The van der Waals surface area contributed by atoms with Crippen LogP contribution in [-0.2, 0) is 0 Å². The van der Waals surface area contributed by atoms with Crippen molar-refractivity contribution in [1.29, 1.82) is 0 Å². The summed E-state index contributed by atoms with van der Waals surface area (Å²) < 4.78 is 13.2. The van der Waals surface area contributed by atoms with Gasteiger partial charge < -0.3 is 21.3 Å². The molecule has 0 spiro atoms. The van der Waals surface area contributed by atoms with Crippen molar-refractivity contribution in [3.63, 3.8) is 0 Å². The highest BCUT2D eigenvalue weighted by Gasteiger charge is 2.20. The second-order valence-electron chi connectivity index (χ2n) is 3.80. The van der Waals surface area contributed by atoms with Crippen molar-refractivity contribution in [3.8, 4) is 0 Å². The number of benzene rings is 1. The molecular weight excluding hydrogens is 211 g/mol. The van der Waals surface area contributed by atoms with Crippen molar-refractivity contribution < 1.29 is 14.6 Å². The third-order valence-electron chi connectivity index (χ3n) is 2.48. The highest BCUT2D eigenvalue weighted by molar-refractivity contribution is 5.46. The molecule has 1 rings (SSSR count). The Hall–Kier alpha value is -1.17. The van der Waals surface area contributed by atoms with Crippen LogP contribution < -0.4 is 11.1 Å². The number of halogens is 1. The van der Waals surface area contributed by atoms with Crippen molar-refractivity contribution in [2.45, 2.75) is 19.1 Å². The van der Waals surface area contributed by atoms with Gasteiger partial charge in [0, 0.05) is 6.54 Å². The largest absolute Gasteiger partial charge is 0.396 e. The monoisotopic (exact) mass is 228 g/mol. The molecule has 0 radical (unpaired) electrons. The molecule has 1 aromatic rings. The minimum absolute atomic E-state index is 0.0385. The van der Waals surface area contributed by atoms with Crippen LogP contribution in [0, 0.1) is 12.7 Å². The van der Waals surface area contributed by atoms with Gasteiger partial charge >= 0.3 is 0 Å². The summed E-state index contributed by atoms with van der Waals surface area (Å²) >= 11 is 0. The standard InChI is InChI=1S/C11H17FN2O2/c1-6-3-9(13)8(12)4-7(6)11(16)10(15)5-14-2/h3-4,10-11,14-16H,5,13H2,1-2H3. The normalized spacial score (nSPS) is 14.8. The van der Waals surface area contributed by atoms with Gasteiger partial charge in [0.2, 0.25) is 0 Å². The first-order valence-corrected chi connectivity index (χ1v) is 5.03.